The van der Waals surface area contributed by atoms with Crippen molar-refractivity contribution in [3.8, 4) is 0 Å². The van der Waals surface area contributed by atoms with Crippen molar-refractivity contribution in [3.05, 3.63) is 0 Å². The first-order chi connectivity index (χ1) is 17.0. The topological polar surface area (TPSA) is 225 Å². The van der Waals surface area contributed by atoms with E-state index in [0.717, 1.165) is 6.92 Å². The number of carbonyl (C=O) groups is 5. The Morgan fingerprint density at radius 2 is 1.43 bits per heavy atom. The molecule has 0 aromatic rings. The maximum Gasteiger partial charge on any atom is 0.246 e. The Bertz CT molecular complexity index is 854. The van der Waals surface area contributed by atoms with Gasteiger partial charge in [-0.2, -0.15) is 0 Å². The van der Waals surface area contributed by atoms with E-state index in [1.54, 1.807) is 0 Å². The second kappa shape index (κ2) is 13.6. The number of nitrogens with one attached hydrogen (secondary N) is 5. The van der Waals surface area contributed by atoms with Crippen molar-refractivity contribution < 1.29 is 48.8 Å². The fourth-order valence-electron chi connectivity index (χ4n) is 3.68. The standard InChI is InChI=1S/C22H39N5O10/c1-9(18(33)23-7)24-19(34)10(2)25-20(35)17(27-12(4)30)22(5,6)37-21-14(26-11(3)29)16(32)15(31)13(8-28)36-21/h9-10,13-17,21,28,31-32H,8H2,1-7H3,(H,23,33)(H,24,34)(H,25,35)(H,26,29)(H,27,30)/t9-,10-,13+,14+,15-,16+,17+,21+/m0/s1. The van der Waals surface area contributed by atoms with Gasteiger partial charge in [0.1, 0.15) is 42.5 Å². The van der Waals surface area contributed by atoms with Gasteiger partial charge >= 0.3 is 0 Å². The second-order valence-corrected chi connectivity index (χ2v) is 9.36. The van der Waals surface area contributed by atoms with E-state index < -0.39 is 90.5 Å². The lowest BCUT2D eigenvalue weighted by atomic mass is 9.94. The zero-order chi connectivity index (χ0) is 28.7. The van der Waals surface area contributed by atoms with Crippen molar-refractivity contribution in [1.29, 1.82) is 0 Å². The molecule has 1 heterocycles. The molecule has 1 aliphatic rings. The van der Waals surface area contributed by atoms with Crippen molar-refractivity contribution >= 4 is 29.5 Å². The summed E-state index contributed by atoms with van der Waals surface area (Å²) in [6.07, 6.45) is -5.85. The van der Waals surface area contributed by atoms with Crippen molar-refractivity contribution in [3.63, 3.8) is 0 Å². The third-order valence-electron chi connectivity index (χ3n) is 5.73. The number of hydrogen-bond donors (Lipinski definition) is 8. The van der Waals surface area contributed by atoms with Crippen molar-refractivity contribution in [2.24, 2.45) is 0 Å². The van der Waals surface area contributed by atoms with Gasteiger partial charge in [0, 0.05) is 20.9 Å². The molecule has 0 aromatic carbocycles. The summed E-state index contributed by atoms with van der Waals surface area (Å²) in [5, 5.41) is 42.4. The van der Waals surface area contributed by atoms with Crippen LogP contribution in [0.2, 0.25) is 0 Å². The lowest BCUT2D eigenvalue weighted by Crippen LogP contribution is -2.68. The Balaban J connectivity index is 3.13. The first kappa shape index (κ1) is 32.2. The fraction of sp³-hybridized carbons (Fsp3) is 0.773. The molecule has 0 spiro atoms. The summed E-state index contributed by atoms with van der Waals surface area (Å²) in [6, 6.07) is -4.67. The highest BCUT2D eigenvalue weighted by Gasteiger charge is 2.49. The van der Waals surface area contributed by atoms with E-state index >= 15 is 0 Å². The van der Waals surface area contributed by atoms with Crippen molar-refractivity contribution in [2.45, 2.75) is 95.9 Å². The molecule has 1 aliphatic heterocycles. The average molecular weight is 534 g/mol. The first-order valence-corrected chi connectivity index (χ1v) is 11.7. The summed E-state index contributed by atoms with van der Waals surface area (Å²) in [4.78, 5) is 60.8. The Labute approximate surface area is 215 Å². The number of carbonyl (C=O) groups excluding carboxylic acids is 5. The fourth-order valence-corrected chi connectivity index (χ4v) is 3.68. The molecule has 1 fully saturated rings. The van der Waals surface area contributed by atoms with Gasteiger partial charge in [-0.1, -0.05) is 0 Å². The van der Waals surface area contributed by atoms with Crippen LogP contribution in [0, 0.1) is 0 Å². The van der Waals surface area contributed by atoms with Crippen LogP contribution in [0.3, 0.4) is 0 Å². The lowest BCUT2D eigenvalue weighted by Gasteiger charge is -2.46. The monoisotopic (exact) mass is 533 g/mol. The molecule has 15 heteroatoms. The van der Waals surface area contributed by atoms with E-state index in [2.05, 4.69) is 26.6 Å². The van der Waals surface area contributed by atoms with Gasteiger partial charge in [0.25, 0.3) is 0 Å². The molecule has 8 N–H and O–H groups in total. The van der Waals surface area contributed by atoms with Crippen LogP contribution in [0.15, 0.2) is 0 Å². The first-order valence-electron chi connectivity index (χ1n) is 11.7. The number of ether oxygens (including phenoxy) is 2. The maximum atomic E-state index is 13.1. The van der Waals surface area contributed by atoms with Crippen LogP contribution in [0.25, 0.3) is 0 Å². The highest BCUT2D eigenvalue weighted by Crippen LogP contribution is 2.28. The van der Waals surface area contributed by atoms with E-state index in [0.29, 0.717) is 0 Å². The molecule has 0 bridgehead atoms. The molecule has 15 nitrogen and oxygen atoms in total. The zero-order valence-corrected chi connectivity index (χ0v) is 22.0. The highest BCUT2D eigenvalue weighted by molar-refractivity contribution is 5.94. The number of rotatable bonds is 11. The third-order valence-corrected chi connectivity index (χ3v) is 5.73. The minimum atomic E-state index is -1.59. The van der Waals surface area contributed by atoms with Gasteiger partial charge < -0.3 is 51.4 Å². The van der Waals surface area contributed by atoms with Crippen LogP contribution >= 0.6 is 0 Å². The summed E-state index contributed by atoms with van der Waals surface area (Å²) < 4.78 is 11.5. The summed E-state index contributed by atoms with van der Waals surface area (Å²) in [5.41, 5.74) is -1.58. The normalized spacial score (nSPS) is 26.2. The second-order valence-electron chi connectivity index (χ2n) is 9.36. The van der Waals surface area contributed by atoms with E-state index in [1.165, 1.54) is 41.7 Å². The third kappa shape index (κ3) is 8.89. The summed E-state index contributed by atoms with van der Waals surface area (Å²) in [5.74, 6) is -3.09. The molecule has 212 valence electrons. The number of aliphatic hydroxyl groups excluding tert-OH is 3. The number of amides is 5. The zero-order valence-electron chi connectivity index (χ0n) is 22.0. The van der Waals surface area contributed by atoms with Gasteiger partial charge in [0.05, 0.1) is 12.2 Å². The van der Waals surface area contributed by atoms with Crippen LogP contribution in [0.4, 0.5) is 0 Å². The van der Waals surface area contributed by atoms with E-state index in [1.807, 2.05) is 0 Å². The number of hydrogen-bond acceptors (Lipinski definition) is 10. The average Bonchev–Trinajstić information content (AvgIpc) is 2.80. The Morgan fingerprint density at radius 1 is 0.892 bits per heavy atom. The Hall–Kier alpha value is -2.85. The summed E-state index contributed by atoms with van der Waals surface area (Å²) >= 11 is 0. The van der Waals surface area contributed by atoms with E-state index in [9.17, 15) is 39.3 Å². The molecule has 5 amide bonds. The van der Waals surface area contributed by atoms with E-state index in [-0.39, 0.29) is 0 Å². The molecular weight excluding hydrogens is 494 g/mol. The molecule has 0 aliphatic carbocycles. The smallest absolute Gasteiger partial charge is 0.246 e. The quantitative estimate of drug-likeness (QED) is 0.128. The molecule has 1 saturated heterocycles. The maximum absolute atomic E-state index is 13.1. The van der Waals surface area contributed by atoms with Crippen LogP contribution in [-0.2, 0) is 33.4 Å². The van der Waals surface area contributed by atoms with Crippen LogP contribution < -0.4 is 26.6 Å². The van der Waals surface area contributed by atoms with Gasteiger partial charge in [-0.15, -0.1) is 0 Å². The predicted octanol–water partition coefficient (Wildman–Crippen LogP) is -4.01. The molecular formula is C22H39N5O10. The minimum absolute atomic E-state index is 0.438. The highest BCUT2D eigenvalue weighted by atomic mass is 16.7. The summed E-state index contributed by atoms with van der Waals surface area (Å²) in [7, 11) is 1.41. The molecule has 0 radical (unpaired) electrons. The molecule has 37 heavy (non-hydrogen) atoms. The number of aliphatic hydroxyl groups is 3. The Morgan fingerprint density at radius 3 is 1.92 bits per heavy atom. The Kier molecular flexibility index (Phi) is 11.8. The van der Waals surface area contributed by atoms with Gasteiger partial charge in [0.15, 0.2) is 6.29 Å². The molecule has 0 aromatic heterocycles. The molecule has 1 rings (SSSR count). The number of likely N-dealkylation sites (N-methyl/N-ethyl adjacent to an activating group) is 1. The molecule has 0 unspecified atom stereocenters. The summed E-state index contributed by atoms with van der Waals surface area (Å²) in [6.45, 7) is 7.34. The molecule has 8 atom stereocenters. The van der Waals surface area contributed by atoms with Gasteiger partial charge in [0.2, 0.25) is 29.5 Å². The van der Waals surface area contributed by atoms with Crippen molar-refractivity contribution in [2.75, 3.05) is 13.7 Å². The predicted molar refractivity (Wildman–Crippen MR) is 127 cm³/mol. The van der Waals surface area contributed by atoms with E-state index in [4.69, 9.17) is 9.47 Å². The van der Waals surface area contributed by atoms with Crippen LogP contribution in [-0.4, -0.2) is 113 Å². The van der Waals surface area contributed by atoms with Gasteiger partial charge in [-0.25, -0.2) is 0 Å². The van der Waals surface area contributed by atoms with Gasteiger partial charge in [-0.05, 0) is 27.7 Å². The van der Waals surface area contributed by atoms with Crippen LogP contribution in [0.5, 0.6) is 0 Å². The van der Waals surface area contributed by atoms with Crippen molar-refractivity contribution in [1.82, 2.24) is 26.6 Å². The molecule has 0 saturated carbocycles. The SMILES string of the molecule is CNC(=O)[C@H](C)NC(=O)[C@H](C)NC(=O)[C@@H](NC(C)=O)C(C)(C)O[C@H]1O[C@H](CO)[C@H](O)[C@H](O)[C@H]1NC(C)=O. The largest absolute Gasteiger partial charge is 0.394 e. The van der Waals surface area contributed by atoms with Crippen LogP contribution in [0.1, 0.15) is 41.5 Å². The minimum Gasteiger partial charge on any atom is -0.394 e. The van der Waals surface area contributed by atoms with Gasteiger partial charge in [-0.3, -0.25) is 24.0 Å². The lowest BCUT2D eigenvalue weighted by molar-refractivity contribution is -0.297.